The molecule has 1 amide bonds. The molecule has 0 bridgehead atoms. The fraction of sp³-hybridized carbons (Fsp3) is 0.481. The zero-order valence-corrected chi connectivity index (χ0v) is 24.1. The van der Waals surface area contributed by atoms with Gasteiger partial charge in [-0.15, -0.1) is 0 Å². The molecule has 3 rings (SSSR count). The molecule has 0 unspecified atom stereocenters. The van der Waals surface area contributed by atoms with E-state index in [1.807, 2.05) is 0 Å². The van der Waals surface area contributed by atoms with Gasteiger partial charge in [0.15, 0.2) is 6.10 Å². The number of sulfonamides is 1. The van der Waals surface area contributed by atoms with E-state index in [2.05, 4.69) is 10.6 Å². The largest absolute Gasteiger partial charge is 0.463 e. The highest BCUT2D eigenvalue weighted by molar-refractivity contribution is 7.89. The average Bonchev–Trinajstić information content (AvgIpc) is 3.45. The summed E-state index contributed by atoms with van der Waals surface area (Å²) in [4.78, 5) is 51.9. The third-order valence-electron chi connectivity index (χ3n) is 6.47. The maximum absolute atomic E-state index is 13.4. The van der Waals surface area contributed by atoms with Crippen molar-refractivity contribution in [2.75, 3.05) is 31.6 Å². The van der Waals surface area contributed by atoms with E-state index in [9.17, 15) is 27.6 Å². The zero-order chi connectivity index (χ0) is 29.6. The van der Waals surface area contributed by atoms with Gasteiger partial charge in [0.1, 0.15) is 5.92 Å². The molecule has 40 heavy (non-hydrogen) atoms. The first-order valence-electron chi connectivity index (χ1n) is 13.1. The second-order valence-electron chi connectivity index (χ2n) is 9.28. The lowest BCUT2D eigenvalue weighted by molar-refractivity contribution is -0.158. The van der Waals surface area contributed by atoms with Crippen LogP contribution in [0.2, 0.25) is 0 Å². The molecule has 0 spiro atoms. The van der Waals surface area contributed by atoms with Gasteiger partial charge in [0.25, 0.3) is 5.91 Å². The number of anilines is 1. The van der Waals surface area contributed by atoms with Crippen LogP contribution in [0, 0.1) is 5.92 Å². The second-order valence-corrected chi connectivity index (χ2v) is 11.2. The lowest BCUT2D eigenvalue weighted by atomic mass is 9.85. The first-order valence-corrected chi connectivity index (χ1v) is 14.5. The van der Waals surface area contributed by atoms with Crippen LogP contribution in [0.3, 0.4) is 0 Å². The Kier molecular flexibility index (Phi) is 10.1. The van der Waals surface area contributed by atoms with Gasteiger partial charge >= 0.3 is 17.9 Å². The number of nitrogens with zero attached hydrogens (tertiary/aromatic N) is 1. The molecule has 1 aromatic carbocycles. The minimum Gasteiger partial charge on any atom is -0.463 e. The van der Waals surface area contributed by atoms with Crippen LogP contribution < -0.4 is 10.6 Å². The lowest BCUT2D eigenvalue weighted by Crippen LogP contribution is -2.40. The van der Waals surface area contributed by atoms with E-state index >= 15 is 0 Å². The summed E-state index contributed by atoms with van der Waals surface area (Å²) in [6.07, 6.45) is 0.298. The summed E-state index contributed by atoms with van der Waals surface area (Å²) in [5, 5.41) is 5.49. The number of hydrogen-bond donors (Lipinski definition) is 2. The number of allylic oxidation sites excluding steroid dienone is 2. The number of esters is 3. The van der Waals surface area contributed by atoms with Crippen molar-refractivity contribution < 1.29 is 41.8 Å². The smallest absolute Gasteiger partial charge is 0.337 e. The van der Waals surface area contributed by atoms with Crippen molar-refractivity contribution in [2.45, 2.75) is 58.5 Å². The van der Waals surface area contributed by atoms with E-state index in [1.165, 1.54) is 35.5 Å². The number of carbonyl (C=O) groups is 4. The molecule has 1 saturated heterocycles. The van der Waals surface area contributed by atoms with Gasteiger partial charge in [-0.05, 0) is 71.7 Å². The van der Waals surface area contributed by atoms with Crippen LogP contribution in [0.1, 0.15) is 47.5 Å². The van der Waals surface area contributed by atoms with Crippen molar-refractivity contribution in [3.05, 3.63) is 46.8 Å². The molecule has 0 radical (unpaired) electrons. The predicted octanol–water partition coefficient (Wildman–Crippen LogP) is 2.23. The SMILES string of the molecule is CCOC(=O)C1=C(C)NC(C)=C(C(=O)OCC)C1C(=O)O[C@@H](C)C(=O)Nc1ccc(S(=O)(=O)N2CCCC2)cc1. The summed E-state index contributed by atoms with van der Waals surface area (Å²) in [7, 11) is -3.61. The van der Waals surface area contributed by atoms with Crippen molar-refractivity contribution in [1.82, 2.24) is 9.62 Å². The molecule has 13 heteroatoms. The highest BCUT2D eigenvalue weighted by Crippen LogP contribution is 2.33. The van der Waals surface area contributed by atoms with Gasteiger partial charge in [0.05, 0.1) is 29.3 Å². The summed E-state index contributed by atoms with van der Waals surface area (Å²) in [5.74, 6) is -4.82. The van der Waals surface area contributed by atoms with Gasteiger partial charge in [-0.2, -0.15) is 4.31 Å². The van der Waals surface area contributed by atoms with Crippen molar-refractivity contribution in [2.24, 2.45) is 5.92 Å². The Labute approximate surface area is 233 Å². The first kappa shape index (κ1) is 30.8. The number of rotatable bonds is 10. The number of ether oxygens (including phenoxy) is 3. The van der Waals surface area contributed by atoms with Crippen LogP contribution in [0.25, 0.3) is 0 Å². The van der Waals surface area contributed by atoms with E-state index in [-0.39, 0.29) is 29.3 Å². The molecule has 2 N–H and O–H groups in total. The fourth-order valence-corrected chi connectivity index (χ4v) is 6.03. The topological polar surface area (TPSA) is 157 Å². The number of dihydropyridines is 1. The Bertz CT molecular complexity index is 1290. The molecule has 0 aromatic heterocycles. The van der Waals surface area contributed by atoms with E-state index < -0.39 is 45.9 Å². The molecule has 12 nitrogen and oxygen atoms in total. The number of hydrogen-bond acceptors (Lipinski definition) is 10. The Hall–Kier alpha value is -3.71. The van der Waals surface area contributed by atoms with E-state index in [0.29, 0.717) is 30.2 Å². The highest BCUT2D eigenvalue weighted by Gasteiger charge is 2.43. The van der Waals surface area contributed by atoms with Crippen molar-refractivity contribution >= 4 is 39.5 Å². The third-order valence-corrected chi connectivity index (χ3v) is 8.39. The Balaban J connectivity index is 1.77. The summed E-state index contributed by atoms with van der Waals surface area (Å²) >= 11 is 0. The number of benzene rings is 1. The molecule has 2 heterocycles. The number of nitrogens with one attached hydrogen (secondary N) is 2. The molecule has 0 aliphatic carbocycles. The van der Waals surface area contributed by atoms with E-state index in [0.717, 1.165) is 12.8 Å². The van der Waals surface area contributed by atoms with Gasteiger partial charge in [-0.25, -0.2) is 18.0 Å². The first-order chi connectivity index (χ1) is 18.9. The number of amides is 1. The molecule has 2 aliphatic heterocycles. The fourth-order valence-electron chi connectivity index (χ4n) is 4.52. The molecule has 1 fully saturated rings. The van der Waals surface area contributed by atoms with Crippen LogP contribution >= 0.6 is 0 Å². The van der Waals surface area contributed by atoms with E-state index in [4.69, 9.17) is 14.2 Å². The molecular formula is C27H35N3O9S. The van der Waals surface area contributed by atoms with Crippen LogP contribution in [0.15, 0.2) is 51.7 Å². The molecule has 218 valence electrons. The second kappa shape index (κ2) is 13.1. The monoisotopic (exact) mass is 577 g/mol. The molecule has 2 aliphatic rings. The van der Waals surface area contributed by atoms with Gasteiger partial charge in [-0.1, -0.05) is 0 Å². The van der Waals surface area contributed by atoms with Crippen molar-refractivity contribution in [1.29, 1.82) is 0 Å². The van der Waals surface area contributed by atoms with Crippen molar-refractivity contribution in [3.8, 4) is 0 Å². The van der Waals surface area contributed by atoms with Gasteiger partial charge < -0.3 is 24.8 Å². The van der Waals surface area contributed by atoms with Crippen molar-refractivity contribution in [3.63, 3.8) is 0 Å². The predicted molar refractivity (Wildman–Crippen MR) is 144 cm³/mol. The molecule has 1 atom stereocenters. The third kappa shape index (κ3) is 6.70. The highest BCUT2D eigenvalue weighted by atomic mass is 32.2. The maximum atomic E-state index is 13.4. The molecule has 0 saturated carbocycles. The molecular weight excluding hydrogens is 542 g/mol. The summed E-state index contributed by atoms with van der Waals surface area (Å²) in [6.45, 7) is 8.67. The minimum atomic E-state index is -3.61. The average molecular weight is 578 g/mol. The standard InChI is InChI=1S/C27H35N3O9S/c1-6-37-25(32)21-16(3)28-17(4)22(26(33)38-7-2)23(21)27(34)39-18(5)24(31)29-19-10-12-20(13-11-19)40(35,36)30-14-8-9-15-30/h10-13,18,23,28H,6-9,14-15H2,1-5H3,(H,29,31)/t18-/m0/s1. The normalized spacial score (nSPS) is 17.2. The van der Waals surface area contributed by atoms with Gasteiger partial charge in [0, 0.05) is 30.2 Å². The van der Waals surface area contributed by atoms with Crippen LogP contribution in [0.5, 0.6) is 0 Å². The Morgan fingerprint density at radius 3 is 1.93 bits per heavy atom. The van der Waals surface area contributed by atoms with E-state index in [1.54, 1.807) is 27.7 Å². The van der Waals surface area contributed by atoms with Crippen LogP contribution in [-0.4, -0.2) is 68.9 Å². The summed E-state index contributed by atoms with van der Waals surface area (Å²) in [6, 6.07) is 5.68. The Morgan fingerprint density at radius 2 is 1.45 bits per heavy atom. The number of carbonyl (C=O) groups excluding carboxylic acids is 4. The lowest BCUT2D eigenvalue weighted by Gasteiger charge is -2.29. The van der Waals surface area contributed by atoms with Crippen LogP contribution in [0.4, 0.5) is 5.69 Å². The summed E-state index contributed by atoms with van der Waals surface area (Å²) in [5.41, 5.74) is 0.644. The zero-order valence-electron chi connectivity index (χ0n) is 23.2. The minimum absolute atomic E-state index is 0.0335. The molecule has 1 aromatic rings. The Morgan fingerprint density at radius 1 is 0.950 bits per heavy atom. The maximum Gasteiger partial charge on any atom is 0.337 e. The van der Waals surface area contributed by atoms with Gasteiger partial charge in [-0.3, -0.25) is 9.59 Å². The van der Waals surface area contributed by atoms with Gasteiger partial charge in [0.2, 0.25) is 10.0 Å². The quantitative estimate of drug-likeness (QED) is 0.312. The summed E-state index contributed by atoms with van der Waals surface area (Å²) < 4.78 is 42.5. The van der Waals surface area contributed by atoms with Crippen LogP contribution in [-0.2, 0) is 43.4 Å².